The van der Waals surface area contributed by atoms with Gasteiger partial charge in [-0.05, 0) is 24.0 Å². The molecule has 0 aromatic heterocycles. The van der Waals surface area contributed by atoms with Crippen molar-refractivity contribution in [3.05, 3.63) is 35.4 Å². The number of hydrogen-bond donors (Lipinski definition) is 2. The summed E-state index contributed by atoms with van der Waals surface area (Å²) in [4.78, 5) is 14.5. The van der Waals surface area contributed by atoms with Crippen molar-refractivity contribution in [1.82, 2.24) is 15.5 Å². The third-order valence-corrected chi connectivity index (χ3v) is 5.18. The largest absolute Gasteiger partial charge is 0.379 e. The molecule has 25 heavy (non-hydrogen) atoms. The second-order valence-electron chi connectivity index (χ2n) is 7.22. The van der Waals surface area contributed by atoms with Crippen molar-refractivity contribution in [2.45, 2.75) is 57.7 Å². The summed E-state index contributed by atoms with van der Waals surface area (Å²) >= 11 is 0. The van der Waals surface area contributed by atoms with Crippen LogP contribution >= 0.6 is 0 Å². The van der Waals surface area contributed by atoms with Crippen LogP contribution in [0.4, 0.5) is 4.79 Å². The topological polar surface area (TPSA) is 53.6 Å². The highest BCUT2D eigenvalue weighted by atomic mass is 16.5. The van der Waals surface area contributed by atoms with Gasteiger partial charge in [-0.2, -0.15) is 0 Å². The molecule has 0 unspecified atom stereocenters. The molecular weight excluding hydrogens is 314 g/mol. The van der Waals surface area contributed by atoms with Gasteiger partial charge in [0, 0.05) is 32.2 Å². The lowest BCUT2D eigenvalue weighted by Gasteiger charge is -2.26. The predicted molar refractivity (Wildman–Crippen MR) is 99.4 cm³/mol. The summed E-state index contributed by atoms with van der Waals surface area (Å²) in [6, 6.07) is 8.86. The zero-order valence-corrected chi connectivity index (χ0v) is 15.1. The zero-order chi connectivity index (χ0) is 17.3. The third-order valence-electron chi connectivity index (χ3n) is 5.18. The predicted octanol–water partition coefficient (Wildman–Crippen LogP) is 3.04. The van der Waals surface area contributed by atoms with E-state index in [2.05, 4.69) is 39.8 Å². The van der Waals surface area contributed by atoms with Gasteiger partial charge in [-0.25, -0.2) is 4.79 Å². The van der Waals surface area contributed by atoms with E-state index < -0.39 is 0 Å². The standard InChI is InChI=1S/C20H31N3O2/c24-20(22-19-5-3-1-2-4-6-19)21-15-17-7-9-18(10-8-17)16-23-11-13-25-14-12-23/h7-10,19H,1-6,11-16H2,(H2,21,22,24). The molecule has 2 fully saturated rings. The first-order chi connectivity index (χ1) is 12.3. The number of hydrogen-bond acceptors (Lipinski definition) is 3. The van der Waals surface area contributed by atoms with Crippen molar-refractivity contribution in [2.75, 3.05) is 26.3 Å². The number of urea groups is 1. The van der Waals surface area contributed by atoms with Gasteiger partial charge in [-0.15, -0.1) is 0 Å². The van der Waals surface area contributed by atoms with Crippen LogP contribution in [0, 0.1) is 0 Å². The van der Waals surface area contributed by atoms with E-state index in [-0.39, 0.29) is 6.03 Å². The van der Waals surface area contributed by atoms with Crippen molar-refractivity contribution >= 4 is 6.03 Å². The van der Waals surface area contributed by atoms with Crippen LogP contribution in [0.1, 0.15) is 49.7 Å². The molecule has 0 radical (unpaired) electrons. The molecule has 1 aliphatic carbocycles. The maximum atomic E-state index is 12.1. The minimum atomic E-state index is -0.0377. The normalized spacial score (nSPS) is 20.0. The Labute approximate surface area is 151 Å². The van der Waals surface area contributed by atoms with Crippen molar-refractivity contribution in [3.8, 4) is 0 Å². The van der Waals surface area contributed by atoms with E-state index in [0.29, 0.717) is 12.6 Å². The summed E-state index contributed by atoms with van der Waals surface area (Å²) in [5.74, 6) is 0. The maximum Gasteiger partial charge on any atom is 0.315 e. The molecule has 5 heteroatoms. The van der Waals surface area contributed by atoms with E-state index >= 15 is 0 Å². The van der Waals surface area contributed by atoms with E-state index in [1.807, 2.05) is 0 Å². The summed E-state index contributed by atoms with van der Waals surface area (Å²) in [7, 11) is 0. The van der Waals surface area contributed by atoms with Crippen LogP contribution in [-0.2, 0) is 17.8 Å². The molecule has 1 aliphatic heterocycles. The summed E-state index contributed by atoms with van der Waals surface area (Å²) in [6.45, 7) is 5.22. The van der Waals surface area contributed by atoms with Gasteiger partial charge in [-0.1, -0.05) is 49.9 Å². The van der Waals surface area contributed by atoms with Crippen molar-refractivity contribution < 1.29 is 9.53 Å². The van der Waals surface area contributed by atoms with Gasteiger partial charge in [0.1, 0.15) is 0 Å². The van der Waals surface area contributed by atoms with E-state index in [1.54, 1.807) is 0 Å². The Hall–Kier alpha value is -1.59. The number of amides is 2. The lowest BCUT2D eigenvalue weighted by molar-refractivity contribution is 0.0342. The van der Waals surface area contributed by atoms with Crippen molar-refractivity contribution in [2.24, 2.45) is 0 Å². The number of carbonyl (C=O) groups is 1. The third kappa shape index (κ3) is 6.33. The number of benzene rings is 1. The van der Waals surface area contributed by atoms with Gasteiger partial charge in [0.2, 0.25) is 0 Å². The van der Waals surface area contributed by atoms with Gasteiger partial charge in [0.05, 0.1) is 13.2 Å². The minimum absolute atomic E-state index is 0.0377. The van der Waals surface area contributed by atoms with Crippen LogP contribution < -0.4 is 10.6 Å². The van der Waals surface area contributed by atoms with Crippen LogP contribution in [0.5, 0.6) is 0 Å². The molecule has 3 rings (SSSR count). The number of morpholine rings is 1. The van der Waals surface area contributed by atoms with E-state index in [1.165, 1.54) is 31.2 Å². The molecule has 138 valence electrons. The van der Waals surface area contributed by atoms with Gasteiger partial charge in [0.15, 0.2) is 0 Å². The summed E-state index contributed by atoms with van der Waals surface area (Å²) in [5, 5.41) is 6.12. The van der Waals surface area contributed by atoms with Crippen molar-refractivity contribution in [3.63, 3.8) is 0 Å². The van der Waals surface area contributed by atoms with Gasteiger partial charge >= 0.3 is 6.03 Å². The molecule has 1 saturated carbocycles. The second-order valence-corrected chi connectivity index (χ2v) is 7.22. The number of carbonyl (C=O) groups excluding carboxylic acids is 1. The zero-order valence-electron chi connectivity index (χ0n) is 15.1. The highest BCUT2D eigenvalue weighted by molar-refractivity contribution is 5.74. The lowest BCUT2D eigenvalue weighted by Crippen LogP contribution is -2.41. The Bertz CT molecular complexity index is 518. The lowest BCUT2D eigenvalue weighted by atomic mass is 10.1. The molecule has 2 amide bonds. The Morgan fingerprint density at radius 3 is 2.32 bits per heavy atom. The minimum Gasteiger partial charge on any atom is -0.379 e. The average Bonchev–Trinajstić information content (AvgIpc) is 2.91. The average molecular weight is 345 g/mol. The van der Waals surface area contributed by atoms with Gasteiger partial charge in [-0.3, -0.25) is 4.90 Å². The van der Waals surface area contributed by atoms with E-state index in [9.17, 15) is 4.79 Å². The first-order valence-corrected chi connectivity index (χ1v) is 9.72. The molecule has 1 saturated heterocycles. The van der Waals surface area contributed by atoms with Gasteiger partial charge < -0.3 is 15.4 Å². The Morgan fingerprint density at radius 1 is 1.00 bits per heavy atom. The van der Waals surface area contributed by atoms with Crippen LogP contribution in [0.2, 0.25) is 0 Å². The summed E-state index contributed by atoms with van der Waals surface area (Å²) in [5.41, 5.74) is 2.45. The quantitative estimate of drug-likeness (QED) is 0.807. The molecule has 1 aromatic rings. The smallest absolute Gasteiger partial charge is 0.315 e. The SMILES string of the molecule is O=C(NCc1ccc(CN2CCOCC2)cc1)NC1CCCCCC1. The van der Waals surface area contributed by atoms with E-state index in [4.69, 9.17) is 4.74 Å². The Morgan fingerprint density at radius 2 is 1.64 bits per heavy atom. The summed E-state index contributed by atoms with van der Waals surface area (Å²) < 4.78 is 5.38. The molecule has 0 bridgehead atoms. The van der Waals surface area contributed by atoms with Gasteiger partial charge in [0.25, 0.3) is 0 Å². The summed E-state index contributed by atoms with van der Waals surface area (Å²) in [6.07, 6.45) is 7.30. The molecule has 1 heterocycles. The number of nitrogens with zero attached hydrogens (tertiary/aromatic N) is 1. The Balaban J connectivity index is 1.39. The molecule has 5 nitrogen and oxygen atoms in total. The fourth-order valence-electron chi connectivity index (χ4n) is 3.62. The molecule has 0 atom stereocenters. The molecule has 1 aromatic carbocycles. The number of nitrogens with one attached hydrogen (secondary N) is 2. The highest BCUT2D eigenvalue weighted by Crippen LogP contribution is 2.17. The van der Waals surface area contributed by atoms with Crippen LogP contribution in [0.3, 0.4) is 0 Å². The monoisotopic (exact) mass is 345 g/mol. The first kappa shape index (κ1) is 18.2. The molecule has 2 N–H and O–H groups in total. The second kappa shape index (κ2) is 9.78. The first-order valence-electron chi connectivity index (χ1n) is 9.72. The fourth-order valence-corrected chi connectivity index (χ4v) is 3.62. The fraction of sp³-hybridized carbons (Fsp3) is 0.650. The van der Waals surface area contributed by atoms with E-state index in [0.717, 1.165) is 51.3 Å². The highest BCUT2D eigenvalue weighted by Gasteiger charge is 2.14. The maximum absolute atomic E-state index is 12.1. The van der Waals surface area contributed by atoms with Crippen LogP contribution in [0.25, 0.3) is 0 Å². The Kier molecular flexibility index (Phi) is 7.12. The van der Waals surface area contributed by atoms with Crippen LogP contribution in [0.15, 0.2) is 24.3 Å². The molecular formula is C20H31N3O2. The number of ether oxygens (including phenoxy) is 1. The molecule has 0 spiro atoms. The van der Waals surface area contributed by atoms with Crippen molar-refractivity contribution in [1.29, 1.82) is 0 Å². The number of rotatable bonds is 5. The van der Waals surface area contributed by atoms with Crippen LogP contribution in [-0.4, -0.2) is 43.3 Å². The molecule has 2 aliphatic rings.